The Balaban J connectivity index is 2.46. The summed E-state index contributed by atoms with van der Waals surface area (Å²) < 4.78 is 9.62. The third-order valence-corrected chi connectivity index (χ3v) is 4.39. The molecule has 2 aromatic carbocycles. The van der Waals surface area contributed by atoms with Crippen LogP contribution in [0.1, 0.15) is 17.0 Å². The minimum atomic E-state index is -1.13. The van der Waals surface area contributed by atoms with Crippen LogP contribution in [0.15, 0.2) is 54.6 Å². The van der Waals surface area contributed by atoms with Crippen LogP contribution in [-0.4, -0.2) is 26.2 Å². The van der Waals surface area contributed by atoms with Gasteiger partial charge in [-0.25, -0.2) is 0 Å². The zero-order chi connectivity index (χ0) is 19.1. The van der Waals surface area contributed by atoms with E-state index in [2.05, 4.69) is 0 Å². The predicted molar refractivity (Wildman–Crippen MR) is 102 cm³/mol. The summed E-state index contributed by atoms with van der Waals surface area (Å²) in [5.74, 6) is -3.05. The second-order valence-corrected chi connectivity index (χ2v) is 6.38. The van der Waals surface area contributed by atoms with Gasteiger partial charge < -0.3 is 9.47 Å². The lowest BCUT2D eigenvalue weighted by Crippen LogP contribution is -2.31. The number of rotatable bonds is 6. The summed E-state index contributed by atoms with van der Waals surface area (Å²) in [7, 11) is 2.47. The van der Waals surface area contributed by atoms with Gasteiger partial charge in [0, 0.05) is 16.0 Å². The van der Waals surface area contributed by atoms with Crippen molar-refractivity contribution in [1.29, 1.82) is 0 Å². The van der Waals surface area contributed by atoms with Crippen LogP contribution in [-0.2, 0) is 19.1 Å². The van der Waals surface area contributed by atoms with Crippen molar-refractivity contribution in [3.05, 3.63) is 75.8 Å². The van der Waals surface area contributed by atoms with E-state index in [1.165, 1.54) is 14.2 Å². The van der Waals surface area contributed by atoms with Gasteiger partial charge in [0.15, 0.2) is 5.92 Å². The van der Waals surface area contributed by atoms with E-state index >= 15 is 0 Å². The molecular weight excluding hydrogens is 375 g/mol. The van der Waals surface area contributed by atoms with Gasteiger partial charge >= 0.3 is 11.9 Å². The Labute approximate surface area is 162 Å². The highest BCUT2D eigenvalue weighted by molar-refractivity contribution is 6.30. The summed E-state index contributed by atoms with van der Waals surface area (Å²) in [4.78, 5) is 24.5. The predicted octanol–water partition coefficient (Wildman–Crippen LogP) is 4.75. The molecule has 136 valence electrons. The largest absolute Gasteiger partial charge is 0.468 e. The van der Waals surface area contributed by atoms with E-state index in [-0.39, 0.29) is 0 Å². The summed E-state index contributed by atoms with van der Waals surface area (Å²) in [5.41, 5.74) is 1.61. The molecule has 0 N–H and O–H groups in total. The molecule has 1 atom stereocenters. The molecule has 4 nitrogen and oxygen atoms in total. The fourth-order valence-electron chi connectivity index (χ4n) is 2.53. The second kappa shape index (κ2) is 9.41. The lowest BCUT2D eigenvalue weighted by atomic mass is 9.85. The van der Waals surface area contributed by atoms with Crippen molar-refractivity contribution in [2.45, 2.75) is 5.92 Å². The molecule has 0 saturated heterocycles. The van der Waals surface area contributed by atoms with Crippen molar-refractivity contribution in [2.24, 2.45) is 5.92 Å². The van der Waals surface area contributed by atoms with Crippen LogP contribution >= 0.6 is 23.2 Å². The van der Waals surface area contributed by atoms with Gasteiger partial charge in [-0.1, -0.05) is 59.6 Å². The molecule has 0 unspecified atom stereocenters. The van der Waals surface area contributed by atoms with Crippen molar-refractivity contribution < 1.29 is 19.1 Å². The number of halogens is 2. The van der Waals surface area contributed by atoms with Crippen LogP contribution in [0.2, 0.25) is 10.0 Å². The van der Waals surface area contributed by atoms with Gasteiger partial charge in [-0.2, -0.15) is 0 Å². The minimum Gasteiger partial charge on any atom is -0.468 e. The first-order chi connectivity index (χ1) is 12.5. The first kappa shape index (κ1) is 20.0. The molecule has 0 spiro atoms. The SMILES string of the molecule is COC(=O)C(C(=O)OC)[C@@H](/C=C/c1ccc(Cl)cc1)c1ccc(Cl)cc1. The van der Waals surface area contributed by atoms with E-state index in [1.54, 1.807) is 42.5 Å². The number of allylic oxidation sites excluding steroid dienone is 1. The summed E-state index contributed by atoms with van der Waals surface area (Å²) in [6.45, 7) is 0. The van der Waals surface area contributed by atoms with E-state index < -0.39 is 23.8 Å². The summed E-state index contributed by atoms with van der Waals surface area (Å²) in [5, 5.41) is 1.18. The molecule has 2 rings (SSSR count). The number of benzene rings is 2. The molecule has 0 saturated carbocycles. The smallest absolute Gasteiger partial charge is 0.321 e. The number of esters is 2. The molecule has 0 amide bonds. The maximum atomic E-state index is 12.2. The summed E-state index contributed by atoms with van der Waals surface area (Å²) >= 11 is 11.8. The van der Waals surface area contributed by atoms with Crippen molar-refractivity contribution in [3.63, 3.8) is 0 Å². The van der Waals surface area contributed by atoms with Crippen LogP contribution < -0.4 is 0 Å². The maximum absolute atomic E-state index is 12.2. The number of carbonyl (C=O) groups is 2. The zero-order valence-electron chi connectivity index (χ0n) is 14.3. The van der Waals surface area contributed by atoms with Crippen LogP contribution in [0, 0.1) is 5.92 Å². The molecule has 0 aliphatic heterocycles. The lowest BCUT2D eigenvalue weighted by molar-refractivity contribution is -0.159. The van der Waals surface area contributed by atoms with Crippen LogP contribution in [0.3, 0.4) is 0 Å². The topological polar surface area (TPSA) is 52.6 Å². The number of carbonyl (C=O) groups excluding carboxylic acids is 2. The fraction of sp³-hybridized carbons (Fsp3) is 0.200. The van der Waals surface area contributed by atoms with Gasteiger partial charge in [0.1, 0.15) is 0 Å². The molecule has 0 heterocycles. The Bertz CT molecular complexity index is 766. The van der Waals surface area contributed by atoms with E-state index in [0.717, 1.165) is 11.1 Å². The molecule has 0 aliphatic carbocycles. The molecule has 2 aromatic rings. The van der Waals surface area contributed by atoms with Gasteiger partial charge in [0.2, 0.25) is 0 Å². The van der Waals surface area contributed by atoms with Crippen LogP contribution in [0.5, 0.6) is 0 Å². The number of methoxy groups -OCH3 is 2. The third kappa shape index (κ3) is 5.10. The Hall–Kier alpha value is -2.30. The molecule has 0 bridgehead atoms. The molecule has 0 aliphatic rings. The molecular formula is C20H18Cl2O4. The van der Waals surface area contributed by atoms with E-state index in [4.69, 9.17) is 32.7 Å². The highest BCUT2D eigenvalue weighted by Gasteiger charge is 2.36. The lowest BCUT2D eigenvalue weighted by Gasteiger charge is -2.21. The number of hydrogen-bond acceptors (Lipinski definition) is 4. The van der Waals surface area contributed by atoms with E-state index in [0.29, 0.717) is 10.0 Å². The molecule has 0 aromatic heterocycles. The Morgan fingerprint density at radius 2 is 1.31 bits per heavy atom. The summed E-state index contributed by atoms with van der Waals surface area (Å²) in [6, 6.07) is 14.1. The molecule has 26 heavy (non-hydrogen) atoms. The van der Waals surface area contributed by atoms with E-state index in [9.17, 15) is 9.59 Å². The third-order valence-electron chi connectivity index (χ3n) is 3.89. The quantitative estimate of drug-likeness (QED) is 0.525. The second-order valence-electron chi connectivity index (χ2n) is 5.51. The zero-order valence-corrected chi connectivity index (χ0v) is 15.8. The van der Waals surface area contributed by atoms with Crippen LogP contribution in [0.25, 0.3) is 6.08 Å². The van der Waals surface area contributed by atoms with Crippen LogP contribution in [0.4, 0.5) is 0 Å². The van der Waals surface area contributed by atoms with Gasteiger partial charge in [0.25, 0.3) is 0 Å². The van der Waals surface area contributed by atoms with Crippen molar-refractivity contribution in [3.8, 4) is 0 Å². The van der Waals surface area contributed by atoms with Gasteiger partial charge in [-0.05, 0) is 35.4 Å². The highest BCUT2D eigenvalue weighted by Crippen LogP contribution is 2.30. The average molecular weight is 393 g/mol. The average Bonchev–Trinajstić information content (AvgIpc) is 2.66. The standard InChI is InChI=1S/C20H18Cl2O4/c1-25-19(23)18(20(24)26-2)17(14-6-10-16(22)11-7-14)12-5-13-3-8-15(21)9-4-13/h3-12,17-18H,1-2H3/b12-5+/t17-/m0/s1. The molecule has 6 heteroatoms. The number of hydrogen-bond donors (Lipinski definition) is 0. The Kier molecular flexibility index (Phi) is 7.25. The van der Waals surface area contributed by atoms with Crippen molar-refractivity contribution in [2.75, 3.05) is 14.2 Å². The Morgan fingerprint density at radius 3 is 1.77 bits per heavy atom. The normalized spacial score (nSPS) is 12.2. The summed E-state index contributed by atoms with van der Waals surface area (Å²) in [6.07, 6.45) is 3.58. The van der Waals surface area contributed by atoms with Crippen molar-refractivity contribution >= 4 is 41.2 Å². The fourth-order valence-corrected chi connectivity index (χ4v) is 2.78. The van der Waals surface area contributed by atoms with Gasteiger partial charge in [-0.3, -0.25) is 9.59 Å². The monoisotopic (exact) mass is 392 g/mol. The molecule has 0 radical (unpaired) electrons. The highest BCUT2D eigenvalue weighted by atomic mass is 35.5. The Morgan fingerprint density at radius 1 is 0.846 bits per heavy atom. The minimum absolute atomic E-state index is 0.557. The number of ether oxygens (including phenoxy) is 2. The first-order valence-corrected chi connectivity index (χ1v) is 8.56. The first-order valence-electron chi connectivity index (χ1n) is 7.81. The van der Waals surface area contributed by atoms with E-state index in [1.807, 2.05) is 18.2 Å². The van der Waals surface area contributed by atoms with Gasteiger partial charge in [0.05, 0.1) is 14.2 Å². The van der Waals surface area contributed by atoms with Gasteiger partial charge in [-0.15, -0.1) is 0 Å². The van der Waals surface area contributed by atoms with Crippen molar-refractivity contribution in [1.82, 2.24) is 0 Å². The molecule has 0 fully saturated rings. The maximum Gasteiger partial charge on any atom is 0.321 e.